The highest BCUT2D eigenvalue weighted by atomic mass is 16.5. The highest BCUT2D eigenvalue weighted by molar-refractivity contribution is 5.28. The molecule has 2 rings (SSSR count). The van der Waals surface area contributed by atoms with E-state index in [4.69, 9.17) is 10.6 Å². The standard InChI is InChI=1S/C12H19N7O/c1-3-4-9(2)7-20-12-16-10(18-13)15-11(17-12)19-6-5-14-8-19/h5-6,8-9H,3-4,7,13H2,1-2H3,(H,15,16,17,18). The van der Waals surface area contributed by atoms with Crippen LogP contribution in [0, 0.1) is 5.92 Å². The van der Waals surface area contributed by atoms with Crippen LogP contribution in [0.2, 0.25) is 0 Å². The summed E-state index contributed by atoms with van der Waals surface area (Å²) in [7, 11) is 0. The van der Waals surface area contributed by atoms with Gasteiger partial charge >= 0.3 is 6.01 Å². The number of anilines is 1. The van der Waals surface area contributed by atoms with Crippen LogP contribution >= 0.6 is 0 Å². The van der Waals surface area contributed by atoms with Gasteiger partial charge in [0, 0.05) is 12.4 Å². The first-order valence-corrected chi connectivity index (χ1v) is 6.56. The van der Waals surface area contributed by atoms with Gasteiger partial charge in [0.05, 0.1) is 6.61 Å². The summed E-state index contributed by atoms with van der Waals surface area (Å²) in [4.78, 5) is 16.4. The van der Waals surface area contributed by atoms with E-state index in [1.165, 1.54) is 0 Å². The zero-order valence-electron chi connectivity index (χ0n) is 11.7. The minimum Gasteiger partial charge on any atom is -0.463 e. The lowest BCUT2D eigenvalue weighted by Gasteiger charge is -2.12. The van der Waals surface area contributed by atoms with Gasteiger partial charge in [0.25, 0.3) is 0 Å². The molecule has 2 heterocycles. The highest BCUT2D eigenvalue weighted by Gasteiger charge is 2.10. The van der Waals surface area contributed by atoms with Crippen molar-refractivity contribution in [2.45, 2.75) is 26.7 Å². The number of nitrogens with one attached hydrogen (secondary N) is 1. The molecule has 0 aromatic carbocycles. The van der Waals surface area contributed by atoms with Crippen molar-refractivity contribution in [3.05, 3.63) is 18.7 Å². The van der Waals surface area contributed by atoms with Gasteiger partial charge in [-0.1, -0.05) is 20.3 Å². The molecule has 0 radical (unpaired) electrons. The van der Waals surface area contributed by atoms with Crippen LogP contribution < -0.4 is 16.0 Å². The topological polar surface area (TPSA) is 104 Å². The van der Waals surface area contributed by atoms with E-state index >= 15 is 0 Å². The number of ether oxygens (including phenoxy) is 1. The van der Waals surface area contributed by atoms with Gasteiger partial charge in [0.15, 0.2) is 0 Å². The maximum absolute atomic E-state index is 5.61. The second-order valence-corrected chi connectivity index (χ2v) is 4.56. The second kappa shape index (κ2) is 6.80. The number of imidazole rings is 1. The van der Waals surface area contributed by atoms with E-state index in [2.05, 4.69) is 39.2 Å². The van der Waals surface area contributed by atoms with E-state index in [0.29, 0.717) is 18.5 Å². The lowest BCUT2D eigenvalue weighted by Crippen LogP contribution is -2.16. The number of hydrazine groups is 1. The molecule has 1 unspecified atom stereocenters. The number of nitrogen functional groups attached to an aromatic ring is 1. The molecular formula is C12H19N7O. The predicted molar refractivity (Wildman–Crippen MR) is 74.3 cm³/mol. The van der Waals surface area contributed by atoms with Gasteiger partial charge in [-0.15, -0.1) is 0 Å². The molecule has 2 aromatic heterocycles. The van der Waals surface area contributed by atoms with Crippen molar-refractivity contribution in [2.24, 2.45) is 11.8 Å². The SMILES string of the molecule is CCCC(C)COc1nc(NN)nc(-n2ccnc2)n1. The Morgan fingerprint density at radius 1 is 1.40 bits per heavy atom. The molecule has 1 atom stereocenters. The van der Waals surface area contributed by atoms with E-state index in [9.17, 15) is 0 Å². The molecule has 0 aliphatic carbocycles. The first kappa shape index (κ1) is 14.2. The molecule has 0 amide bonds. The molecular weight excluding hydrogens is 258 g/mol. The van der Waals surface area contributed by atoms with E-state index in [1.54, 1.807) is 23.3 Å². The molecule has 0 bridgehead atoms. The van der Waals surface area contributed by atoms with Crippen LogP contribution in [0.1, 0.15) is 26.7 Å². The van der Waals surface area contributed by atoms with Crippen molar-refractivity contribution in [1.82, 2.24) is 24.5 Å². The van der Waals surface area contributed by atoms with Crippen molar-refractivity contribution in [3.8, 4) is 12.0 Å². The largest absolute Gasteiger partial charge is 0.463 e. The minimum atomic E-state index is 0.250. The number of aromatic nitrogens is 5. The van der Waals surface area contributed by atoms with Gasteiger partial charge in [-0.2, -0.15) is 15.0 Å². The summed E-state index contributed by atoms with van der Waals surface area (Å²) in [5, 5.41) is 0. The molecule has 0 saturated carbocycles. The molecule has 0 fully saturated rings. The van der Waals surface area contributed by atoms with Crippen molar-refractivity contribution in [2.75, 3.05) is 12.0 Å². The lowest BCUT2D eigenvalue weighted by molar-refractivity contribution is 0.233. The molecule has 3 N–H and O–H groups in total. The first-order valence-electron chi connectivity index (χ1n) is 6.56. The summed E-state index contributed by atoms with van der Waals surface area (Å²) in [6, 6.07) is 0.250. The minimum absolute atomic E-state index is 0.250. The first-order chi connectivity index (χ1) is 9.72. The van der Waals surface area contributed by atoms with Gasteiger partial charge in [0.2, 0.25) is 11.9 Å². The molecule has 8 heteroatoms. The summed E-state index contributed by atoms with van der Waals surface area (Å²) in [5.74, 6) is 6.47. The Kier molecular flexibility index (Phi) is 4.83. The summed E-state index contributed by atoms with van der Waals surface area (Å²) >= 11 is 0. The van der Waals surface area contributed by atoms with Crippen LogP contribution in [0.5, 0.6) is 6.01 Å². The summed E-state index contributed by atoms with van der Waals surface area (Å²) in [5.41, 5.74) is 2.41. The average molecular weight is 277 g/mol. The Labute approximate surface area is 117 Å². The van der Waals surface area contributed by atoms with E-state index in [0.717, 1.165) is 12.8 Å². The van der Waals surface area contributed by atoms with E-state index in [-0.39, 0.29) is 12.0 Å². The monoisotopic (exact) mass is 277 g/mol. The quantitative estimate of drug-likeness (QED) is 0.578. The number of nitrogens with zero attached hydrogens (tertiary/aromatic N) is 5. The van der Waals surface area contributed by atoms with E-state index < -0.39 is 0 Å². The van der Waals surface area contributed by atoms with Crippen LogP contribution in [0.4, 0.5) is 5.95 Å². The molecule has 108 valence electrons. The average Bonchev–Trinajstić information content (AvgIpc) is 2.99. The summed E-state index contributed by atoms with van der Waals surface area (Å²) in [6.45, 7) is 4.84. The maximum Gasteiger partial charge on any atom is 0.323 e. The van der Waals surface area contributed by atoms with Crippen molar-refractivity contribution in [3.63, 3.8) is 0 Å². The third kappa shape index (κ3) is 3.64. The normalized spacial score (nSPS) is 12.2. The number of hydrogen-bond donors (Lipinski definition) is 2. The number of rotatable bonds is 7. The Morgan fingerprint density at radius 2 is 2.25 bits per heavy atom. The van der Waals surface area contributed by atoms with Gasteiger partial charge in [-0.05, 0) is 12.3 Å². The predicted octanol–water partition coefficient (Wildman–Crippen LogP) is 1.16. The van der Waals surface area contributed by atoms with Crippen molar-refractivity contribution < 1.29 is 4.74 Å². The van der Waals surface area contributed by atoms with Crippen LogP contribution in [-0.2, 0) is 0 Å². The van der Waals surface area contributed by atoms with Gasteiger partial charge in [-0.25, -0.2) is 10.8 Å². The third-order valence-corrected chi connectivity index (χ3v) is 2.75. The third-order valence-electron chi connectivity index (χ3n) is 2.75. The zero-order valence-corrected chi connectivity index (χ0v) is 11.7. The zero-order chi connectivity index (χ0) is 14.4. The molecule has 0 aliphatic heterocycles. The molecule has 0 spiro atoms. The number of hydrogen-bond acceptors (Lipinski definition) is 7. The summed E-state index contributed by atoms with van der Waals surface area (Å²) in [6.07, 6.45) is 7.19. The maximum atomic E-state index is 5.61. The van der Waals surface area contributed by atoms with Crippen LogP contribution in [0.15, 0.2) is 18.7 Å². The second-order valence-electron chi connectivity index (χ2n) is 4.56. The van der Waals surface area contributed by atoms with Gasteiger partial charge in [0.1, 0.15) is 6.33 Å². The van der Waals surface area contributed by atoms with Crippen LogP contribution in [-0.4, -0.2) is 31.1 Å². The lowest BCUT2D eigenvalue weighted by atomic mass is 10.1. The fourth-order valence-corrected chi connectivity index (χ4v) is 1.76. The fourth-order valence-electron chi connectivity index (χ4n) is 1.76. The molecule has 2 aromatic rings. The molecule has 20 heavy (non-hydrogen) atoms. The van der Waals surface area contributed by atoms with E-state index in [1.807, 2.05) is 0 Å². The molecule has 0 saturated heterocycles. The Morgan fingerprint density at radius 3 is 2.90 bits per heavy atom. The number of nitrogens with two attached hydrogens (primary N) is 1. The molecule has 8 nitrogen and oxygen atoms in total. The Balaban J connectivity index is 2.14. The molecule has 0 aliphatic rings. The van der Waals surface area contributed by atoms with Gasteiger partial charge in [-0.3, -0.25) is 9.99 Å². The van der Waals surface area contributed by atoms with Crippen LogP contribution in [0.3, 0.4) is 0 Å². The van der Waals surface area contributed by atoms with Crippen molar-refractivity contribution >= 4 is 5.95 Å². The smallest absolute Gasteiger partial charge is 0.323 e. The Bertz CT molecular complexity index is 529. The summed E-state index contributed by atoms with van der Waals surface area (Å²) < 4.78 is 7.27. The van der Waals surface area contributed by atoms with Crippen molar-refractivity contribution in [1.29, 1.82) is 0 Å². The highest BCUT2D eigenvalue weighted by Crippen LogP contribution is 2.12. The Hall–Kier alpha value is -2.22. The van der Waals surface area contributed by atoms with Crippen LogP contribution in [0.25, 0.3) is 5.95 Å². The fraction of sp³-hybridized carbons (Fsp3) is 0.500. The van der Waals surface area contributed by atoms with Gasteiger partial charge < -0.3 is 4.74 Å².